The third kappa shape index (κ3) is 3.16. The molecule has 0 unspecified atom stereocenters. The zero-order valence-electron chi connectivity index (χ0n) is 9.10. The van der Waals surface area contributed by atoms with E-state index in [1.165, 1.54) is 0 Å². The van der Waals surface area contributed by atoms with Crippen molar-refractivity contribution in [2.45, 2.75) is 26.4 Å². The van der Waals surface area contributed by atoms with Gasteiger partial charge >= 0.3 is 6.03 Å². The van der Waals surface area contributed by atoms with Crippen molar-refractivity contribution in [1.82, 2.24) is 4.90 Å². The lowest BCUT2D eigenvalue weighted by molar-refractivity contribution is 0.189. The van der Waals surface area contributed by atoms with Crippen molar-refractivity contribution in [3.63, 3.8) is 0 Å². The smallest absolute Gasteiger partial charge is 0.315 e. The molecule has 4 N–H and O–H groups in total. The number of nitrogens with two attached hydrogens (primary N) is 2. The van der Waals surface area contributed by atoms with E-state index in [1.807, 2.05) is 38.1 Å². The summed E-state index contributed by atoms with van der Waals surface area (Å²) in [6.07, 6.45) is 0. The lowest BCUT2D eigenvalue weighted by Crippen LogP contribution is -2.40. The Bertz CT molecular complexity index is 332. The van der Waals surface area contributed by atoms with Gasteiger partial charge in [0.2, 0.25) is 0 Å². The van der Waals surface area contributed by atoms with E-state index in [2.05, 4.69) is 0 Å². The van der Waals surface area contributed by atoms with E-state index < -0.39 is 6.03 Å². The van der Waals surface area contributed by atoms with Gasteiger partial charge in [0.05, 0.1) is 0 Å². The average Bonchev–Trinajstić information content (AvgIpc) is 2.15. The fraction of sp³-hybridized carbons (Fsp3) is 0.364. The topological polar surface area (TPSA) is 72.3 Å². The summed E-state index contributed by atoms with van der Waals surface area (Å²) in [5.41, 5.74) is 12.6. The molecular formula is C11H17N3O. The third-order valence-corrected chi connectivity index (χ3v) is 2.24. The Morgan fingerprint density at radius 1 is 1.33 bits per heavy atom. The van der Waals surface area contributed by atoms with Gasteiger partial charge < -0.3 is 16.4 Å². The molecule has 0 fully saturated rings. The highest BCUT2D eigenvalue weighted by molar-refractivity contribution is 5.72. The lowest BCUT2D eigenvalue weighted by Gasteiger charge is -2.24. The number of anilines is 1. The highest BCUT2D eigenvalue weighted by Crippen LogP contribution is 2.10. The van der Waals surface area contributed by atoms with Crippen molar-refractivity contribution in [1.29, 1.82) is 0 Å². The Kier molecular flexibility index (Phi) is 3.55. The second-order valence-electron chi connectivity index (χ2n) is 3.80. The lowest BCUT2D eigenvalue weighted by atomic mass is 10.2. The van der Waals surface area contributed by atoms with E-state index in [9.17, 15) is 4.79 Å². The van der Waals surface area contributed by atoms with Crippen LogP contribution in [-0.2, 0) is 6.54 Å². The van der Waals surface area contributed by atoms with E-state index in [0.29, 0.717) is 12.2 Å². The maximum atomic E-state index is 11.1. The molecule has 0 heterocycles. The molecule has 0 spiro atoms. The molecule has 0 aliphatic carbocycles. The molecule has 0 aliphatic heterocycles. The van der Waals surface area contributed by atoms with Crippen LogP contribution in [0.4, 0.5) is 10.5 Å². The molecule has 0 bridgehead atoms. The van der Waals surface area contributed by atoms with E-state index >= 15 is 0 Å². The van der Waals surface area contributed by atoms with E-state index in [-0.39, 0.29) is 6.04 Å². The summed E-state index contributed by atoms with van der Waals surface area (Å²) < 4.78 is 0. The van der Waals surface area contributed by atoms with Gasteiger partial charge in [-0.3, -0.25) is 0 Å². The summed E-state index contributed by atoms with van der Waals surface area (Å²) in [6, 6.07) is 7.12. The first kappa shape index (κ1) is 11.4. The van der Waals surface area contributed by atoms with Gasteiger partial charge in [-0.25, -0.2) is 4.79 Å². The minimum Gasteiger partial charge on any atom is -0.399 e. The number of benzene rings is 1. The highest BCUT2D eigenvalue weighted by atomic mass is 16.2. The standard InChI is InChI=1S/C11H17N3O/c1-8(2)14(11(13)15)7-9-3-5-10(12)6-4-9/h3-6,8H,7,12H2,1-2H3,(H2,13,15). The quantitative estimate of drug-likeness (QED) is 0.738. The molecule has 4 nitrogen and oxygen atoms in total. The first-order chi connectivity index (χ1) is 7.00. The van der Waals surface area contributed by atoms with Gasteiger partial charge in [0.1, 0.15) is 0 Å². The molecule has 0 aliphatic rings. The molecule has 0 radical (unpaired) electrons. The normalized spacial score (nSPS) is 10.3. The molecule has 2 amide bonds. The molecule has 0 atom stereocenters. The third-order valence-electron chi connectivity index (χ3n) is 2.24. The zero-order valence-corrected chi connectivity index (χ0v) is 9.10. The number of rotatable bonds is 3. The number of urea groups is 1. The average molecular weight is 207 g/mol. The summed E-state index contributed by atoms with van der Waals surface area (Å²) in [4.78, 5) is 12.7. The molecule has 4 heteroatoms. The summed E-state index contributed by atoms with van der Waals surface area (Å²) in [5.74, 6) is 0. The summed E-state index contributed by atoms with van der Waals surface area (Å²) in [5, 5.41) is 0. The number of carbonyl (C=O) groups excluding carboxylic acids is 1. The number of nitrogens with zero attached hydrogens (tertiary/aromatic N) is 1. The highest BCUT2D eigenvalue weighted by Gasteiger charge is 2.13. The predicted octanol–water partition coefficient (Wildman–Crippen LogP) is 1.56. The molecule has 15 heavy (non-hydrogen) atoms. The van der Waals surface area contributed by atoms with Crippen molar-refractivity contribution in [3.05, 3.63) is 29.8 Å². The number of primary amides is 1. The van der Waals surface area contributed by atoms with E-state index in [0.717, 1.165) is 5.56 Å². The van der Waals surface area contributed by atoms with Crippen LogP contribution in [0.1, 0.15) is 19.4 Å². The van der Waals surface area contributed by atoms with E-state index in [1.54, 1.807) is 4.90 Å². The van der Waals surface area contributed by atoms with Crippen LogP contribution in [0, 0.1) is 0 Å². The van der Waals surface area contributed by atoms with Gasteiger partial charge in [-0.2, -0.15) is 0 Å². The predicted molar refractivity (Wildman–Crippen MR) is 61.1 cm³/mol. The van der Waals surface area contributed by atoms with Gasteiger partial charge in [0.15, 0.2) is 0 Å². The fourth-order valence-corrected chi connectivity index (χ4v) is 1.33. The van der Waals surface area contributed by atoms with Crippen LogP contribution in [0.2, 0.25) is 0 Å². The zero-order chi connectivity index (χ0) is 11.4. The largest absolute Gasteiger partial charge is 0.399 e. The molecule has 0 aromatic heterocycles. The Hall–Kier alpha value is -1.71. The van der Waals surface area contributed by atoms with Crippen LogP contribution < -0.4 is 11.5 Å². The summed E-state index contributed by atoms with van der Waals surface area (Å²) in [6.45, 7) is 4.39. The second-order valence-corrected chi connectivity index (χ2v) is 3.80. The fourth-order valence-electron chi connectivity index (χ4n) is 1.33. The van der Waals surface area contributed by atoms with Gasteiger partial charge in [0.25, 0.3) is 0 Å². The first-order valence-corrected chi connectivity index (χ1v) is 4.91. The summed E-state index contributed by atoms with van der Waals surface area (Å²) >= 11 is 0. The van der Waals surface area contributed by atoms with Gasteiger partial charge in [0, 0.05) is 18.3 Å². The molecule has 0 saturated carbocycles. The Morgan fingerprint density at radius 3 is 2.27 bits per heavy atom. The van der Waals surface area contributed by atoms with E-state index in [4.69, 9.17) is 11.5 Å². The number of nitrogen functional groups attached to an aromatic ring is 1. The number of carbonyl (C=O) groups is 1. The van der Waals surface area contributed by atoms with Crippen molar-refractivity contribution < 1.29 is 4.79 Å². The maximum Gasteiger partial charge on any atom is 0.315 e. The van der Waals surface area contributed by atoms with Crippen molar-refractivity contribution in [3.8, 4) is 0 Å². The monoisotopic (exact) mass is 207 g/mol. The van der Waals surface area contributed by atoms with Crippen molar-refractivity contribution in [2.24, 2.45) is 5.73 Å². The van der Waals surface area contributed by atoms with Gasteiger partial charge in [-0.15, -0.1) is 0 Å². The second kappa shape index (κ2) is 4.68. The van der Waals surface area contributed by atoms with Crippen LogP contribution >= 0.6 is 0 Å². The van der Waals surface area contributed by atoms with Crippen molar-refractivity contribution >= 4 is 11.7 Å². The number of hydrogen-bond donors (Lipinski definition) is 2. The summed E-state index contributed by atoms with van der Waals surface area (Å²) in [7, 11) is 0. The van der Waals surface area contributed by atoms with Crippen LogP contribution in [-0.4, -0.2) is 17.0 Å². The minimum atomic E-state index is -0.401. The van der Waals surface area contributed by atoms with Crippen molar-refractivity contribution in [2.75, 3.05) is 5.73 Å². The van der Waals surface area contributed by atoms with Crippen LogP contribution in [0.15, 0.2) is 24.3 Å². The van der Waals surface area contributed by atoms with Crippen LogP contribution in [0.3, 0.4) is 0 Å². The maximum absolute atomic E-state index is 11.1. The molecule has 1 rings (SSSR count). The molecule has 1 aromatic carbocycles. The van der Waals surface area contributed by atoms with Crippen LogP contribution in [0.5, 0.6) is 0 Å². The first-order valence-electron chi connectivity index (χ1n) is 4.91. The molecular weight excluding hydrogens is 190 g/mol. The Labute approximate surface area is 89.9 Å². The molecule has 0 saturated heterocycles. The molecule has 1 aromatic rings. The number of hydrogen-bond acceptors (Lipinski definition) is 2. The van der Waals surface area contributed by atoms with Gasteiger partial charge in [-0.1, -0.05) is 12.1 Å². The Morgan fingerprint density at radius 2 is 1.87 bits per heavy atom. The van der Waals surface area contributed by atoms with Gasteiger partial charge in [-0.05, 0) is 31.5 Å². The van der Waals surface area contributed by atoms with Crippen LogP contribution in [0.25, 0.3) is 0 Å². The molecule has 82 valence electrons. The SMILES string of the molecule is CC(C)N(Cc1ccc(N)cc1)C(N)=O. The minimum absolute atomic E-state index is 0.0973. The number of amides is 2. The Balaban J connectivity index is 2.74.